The van der Waals surface area contributed by atoms with Crippen LogP contribution in [-0.2, 0) is 23.1 Å². The number of nitro benzene ring substituents is 1. The first kappa shape index (κ1) is 24.1. The predicted molar refractivity (Wildman–Crippen MR) is 132 cm³/mol. The Morgan fingerprint density at radius 1 is 0.971 bits per heavy atom. The third kappa shape index (κ3) is 5.23. The summed E-state index contributed by atoms with van der Waals surface area (Å²) in [6.45, 7) is 1.72. The van der Waals surface area contributed by atoms with Crippen LogP contribution in [0.15, 0.2) is 82.5 Å². The number of methoxy groups -OCH3 is 1. The highest BCUT2D eigenvalue weighted by Crippen LogP contribution is 2.24. The molecule has 1 heterocycles. The molecule has 0 saturated heterocycles. The molecule has 0 unspecified atom stereocenters. The van der Waals surface area contributed by atoms with Gasteiger partial charge in [-0.05, 0) is 60.3 Å². The van der Waals surface area contributed by atoms with E-state index in [-0.39, 0.29) is 34.8 Å². The Balaban J connectivity index is 1.76. The van der Waals surface area contributed by atoms with Gasteiger partial charge in [0.25, 0.3) is 11.2 Å². The Kier molecular flexibility index (Phi) is 6.68. The van der Waals surface area contributed by atoms with Crippen molar-refractivity contribution in [2.75, 3.05) is 7.11 Å². The van der Waals surface area contributed by atoms with Crippen LogP contribution in [0, 0.1) is 17.0 Å². The summed E-state index contributed by atoms with van der Waals surface area (Å²) in [4.78, 5) is 25.9. The zero-order valence-corrected chi connectivity index (χ0v) is 19.9. The Bertz CT molecular complexity index is 1550. The van der Waals surface area contributed by atoms with E-state index >= 15 is 0 Å². The van der Waals surface area contributed by atoms with Crippen LogP contribution in [0.5, 0.6) is 5.75 Å². The molecule has 0 aliphatic carbocycles. The SMILES string of the molecule is COc1ccc(CN(Cc2cc3cc(C)ccc3[nH]c2=O)S(=O)(=O)c2ccc([N+](=O)[O-])cc2)cc1. The van der Waals surface area contributed by atoms with Crippen molar-refractivity contribution in [1.82, 2.24) is 9.29 Å². The molecule has 1 N–H and O–H groups in total. The molecule has 10 heteroatoms. The largest absolute Gasteiger partial charge is 0.497 e. The molecule has 0 aliphatic heterocycles. The van der Waals surface area contributed by atoms with Crippen LogP contribution in [0.1, 0.15) is 16.7 Å². The summed E-state index contributed by atoms with van der Waals surface area (Å²) in [5, 5.41) is 11.8. The van der Waals surface area contributed by atoms with Crippen molar-refractivity contribution in [3.8, 4) is 5.75 Å². The number of nitro groups is 1. The molecule has 0 saturated carbocycles. The van der Waals surface area contributed by atoms with Gasteiger partial charge in [0.05, 0.1) is 16.9 Å². The molecular formula is C25H23N3O6S. The quantitative estimate of drug-likeness (QED) is 0.291. The number of pyridine rings is 1. The number of nitrogens with zero attached hydrogens (tertiary/aromatic N) is 2. The number of nitrogens with one attached hydrogen (secondary N) is 1. The van der Waals surface area contributed by atoms with Gasteiger partial charge in [0.2, 0.25) is 10.0 Å². The Morgan fingerprint density at radius 3 is 2.29 bits per heavy atom. The fourth-order valence-corrected chi connectivity index (χ4v) is 5.13. The molecule has 0 spiro atoms. The maximum atomic E-state index is 13.6. The van der Waals surface area contributed by atoms with Gasteiger partial charge in [0, 0.05) is 36.3 Å². The van der Waals surface area contributed by atoms with Gasteiger partial charge in [0.1, 0.15) is 5.75 Å². The maximum Gasteiger partial charge on any atom is 0.269 e. The molecule has 35 heavy (non-hydrogen) atoms. The summed E-state index contributed by atoms with van der Waals surface area (Å²) < 4.78 is 33.5. The number of ether oxygens (including phenoxy) is 1. The molecule has 9 nitrogen and oxygen atoms in total. The van der Waals surface area contributed by atoms with E-state index in [9.17, 15) is 23.3 Å². The molecule has 4 aromatic rings. The minimum atomic E-state index is -4.11. The lowest BCUT2D eigenvalue weighted by molar-refractivity contribution is -0.384. The highest BCUT2D eigenvalue weighted by atomic mass is 32.2. The zero-order chi connectivity index (χ0) is 25.2. The molecule has 0 aliphatic rings. The lowest BCUT2D eigenvalue weighted by Gasteiger charge is -2.22. The van der Waals surface area contributed by atoms with Crippen LogP contribution in [0.3, 0.4) is 0 Å². The number of non-ortho nitro benzene ring substituents is 1. The standard InChI is InChI=1S/C25H23N3O6S/c1-17-3-12-24-19(13-17)14-20(25(29)26-24)16-27(15-18-4-8-22(34-2)9-5-18)35(32,33)23-10-6-21(7-11-23)28(30)31/h3-14H,15-16H2,1-2H3,(H,26,29). The number of H-pyrrole nitrogens is 1. The number of hydrogen-bond donors (Lipinski definition) is 1. The van der Waals surface area contributed by atoms with E-state index in [1.54, 1.807) is 36.4 Å². The number of aryl methyl sites for hydroxylation is 1. The summed E-state index contributed by atoms with van der Waals surface area (Å²) >= 11 is 0. The maximum absolute atomic E-state index is 13.6. The number of aromatic nitrogens is 1. The first-order valence-electron chi connectivity index (χ1n) is 10.7. The summed E-state index contributed by atoms with van der Waals surface area (Å²) in [7, 11) is -2.57. The topological polar surface area (TPSA) is 123 Å². The number of rotatable bonds is 8. The van der Waals surface area contributed by atoms with E-state index in [1.807, 2.05) is 19.1 Å². The summed E-state index contributed by atoms with van der Waals surface area (Å²) in [5.74, 6) is 0.625. The van der Waals surface area contributed by atoms with Crippen molar-refractivity contribution in [2.24, 2.45) is 0 Å². The Labute approximate surface area is 201 Å². The van der Waals surface area contributed by atoms with Gasteiger partial charge in [-0.2, -0.15) is 4.31 Å². The first-order valence-corrected chi connectivity index (χ1v) is 12.1. The smallest absolute Gasteiger partial charge is 0.269 e. The van der Waals surface area contributed by atoms with Crippen LogP contribution in [0.25, 0.3) is 10.9 Å². The number of fused-ring (bicyclic) bond motifs is 1. The summed E-state index contributed by atoms with van der Waals surface area (Å²) in [5.41, 5.74) is 2.02. The van der Waals surface area contributed by atoms with Crippen LogP contribution >= 0.6 is 0 Å². The molecule has 3 aromatic carbocycles. The van der Waals surface area contributed by atoms with E-state index in [4.69, 9.17) is 4.74 Å². The fourth-order valence-electron chi connectivity index (χ4n) is 3.73. The number of aromatic amines is 1. The van der Waals surface area contributed by atoms with Gasteiger partial charge < -0.3 is 9.72 Å². The fraction of sp³-hybridized carbons (Fsp3) is 0.160. The van der Waals surface area contributed by atoms with E-state index in [2.05, 4.69) is 4.98 Å². The highest BCUT2D eigenvalue weighted by Gasteiger charge is 2.27. The molecular weight excluding hydrogens is 470 g/mol. The van der Waals surface area contributed by atoms with Crippen LogP contribution in [-0.4, -0.2) is 29.7 Å². The monoisotopic (exact) mass is 493 g/mol. The molecule has 0 atom stereocenters. The third-order valence-electron chi connectivity index (χ3n) is 5.63. The minimum absolute atomic E-state index is 0.0192. The second kappa shape index (κ2) is 9.69. The summed E-state index contributed by atoms with van der Waals surface area (Å²) in [6, 6.07) is 18.9. The lowest BCUT2D eigenvalue weighted by atomic mass is 10.1. The van der Waals surface area contributed by atoms with E-state index in [0.717, 1.165) is 23.1 Å². The van der Waals surface area contributed by atoms with Crippen LogP contribution in [0.2, 0.25) is 0 Å². The van der Waals surface area contributed by atoms with Gasteiger partial charge in [-0.1, -0.05) is 23.8 Å². The Hall–Kier alpha value is -4.02. The molecule has 0 radical (unpaired) electrons. The molecule has 0 bridgehead atoms. The minimum Gasteiger partial charge on any atom is -0.497 e. The van der Waals surface area contributed by atoms with Crippen LogP contribution in [0.4, 0.5) is 5.69 Å². The molecule has 180 valence electrons. The van der Waals surface area contributed by atoms with E-state index in [0.29, 0.717) is 16.8 Å². The lowest BCUT2D eigenvalue weighted by Crippen LogP contribution is -2.32. The van der Waals surface area contributed by atoms with Crippen molar-refractivity contribution < 1.29 is 18.1 Å². The second-order valence-corrected chi connectivity index (χ2v) is 10.0. The van der Waals surface area contributed by atoms with Crippen molar-refractivity contribution in [2.45, 2.75) is 24.9 Å². The van der Waals surface area contributed by atoms with Gasteiger partial charge >= 0.3 is 0 Å². The molecule has 1 aromatic heterocycles. The van der Waals surface area contributed by atoms with Gasteiger partial charge in [-0.15, -0.1) is 0 Å². The zero-order valence-electron chi connectivity index (χ0n) is 19.1. The van der Waals surface area contributed by atoms with Gasteiger partial charge in [0.15, 0.2) is 0 Å². The average Bonchev–Trinajstić information content (AvgIpc) is 2.84. The normalized spacial score (nSPS) is 11.6. The average molecular weight is 494 g/mol. The second-order valence-electron chi connectivity index (χ2n) is 8.09. The Morgan fingerprint density at radius 2 is 1.66 bits per heavy atom. The van der Waals surface area contributed by atoms with Crippen molar-refractivity contribution in [3.05, 3.63) is 110 Å². The number of sulfonamides is 1. The van der Waals surface area contributed by atoms with Gasteiger partial charge in [-0.3, -0.25) is 14.9 Å². The number of hydrogen-bond acceptors (Lipinski definition) is 6. The van der Waals surface area contributed by atoms with E-state index < -0.39 is 14.9 Å². The van der Waals surface area contributed by atoms with Crippen molar-refractivity contribution >= 4 is 26.6 Å². The molecule has 0 amide bonds. The van der Waals surface area contributed by atoms with E-state index in [1.165, 1.54) is 23.5 Å². The first-order chi connectivity index (χ1) is 16.7. The highest BCUT2D eigenvalue weighted by molar-refractivity contribution is 7.89. The predicted octanol–water partition coefficient (Wildman–Crippen LogP) is 4.14. The third-order valence-corrected chi connectivity index (χ3v) is 7.43. The summed E-state index contributed by atoms with van der Waals surface area (Å²) in [6.07, 6.45) is 0. The molecule has 0 fully saturated rings. The van der Waals surface area contributed by atoms with Crippen molar-refractivity contribution in [3.63, 3.8) is 0 Å². The van der Waals surface area contributed by atoms with Gasteiger partial charge in [-0.25, -0.2) is 8.42 Å². The van der Waals surface area contributed by atoms with Crippen molar-refractivity contribution in [1.29, 1.82) is 0 Å². The molecule has 4 rings (SSSR count). The van der Waals surface area contributed by atoms with Crippen LogP contribution < -0.4 is 10.3 Å². The number of benzene rings is 3.